The Hall–Kier alpha value is -3.74. The number of carbonyl (C=O) groups excluding carboxylic acids is 2. The zero-order valence-corrected chi connectivity index (χ0v) is 21.2. The summed E-state index contributed by atoms with van der Waals surface area (Å²) in [6, 6.07) is 3.03. The van der Waals surface area contributed by atoms with Gasteiger partial charge >= 0.3 is 12.0 Å². The molecule has 0 unspecified atom stereocenters. The number of rotatable bonds is 5. The third-order valence-electron chi connectivity index (χ3n) is 4.85. The number of fused-ring (bicyclic) bond motifs is 1. The summed E-state index contributed by atoms with van der Waals surface area (Å²) in [4.78, 5) is 43.0. The van der Waals surface area contributed by atoms with Gasteiger partial charge in [-0.3, -0.25) is 9.69 Å². The highest BCUT2D eigenvalue weighted by molar-refractivity contribution is 7.15. The SMILES string of the molecule is CC(=O)Nc1cc(Nc2ccnc(C(C)(F)F)n2)c(-c2nc3c(s2)CN(C(=O)OC(C)(C)C)C3)cn1. The van der Waals surface area contributed by atoms with Crippen molar-refractivity contribution in [3.63, 3.8) is 0 Å². The molecule has 0 atom stereocenters. The number of nitrogens with zero attached hydrogens (tertiary/aromatic N) is 5. The van der Waals surface area contributed by atoms with Crippen LogP contribution in [0.25, 0.3) is 10.6 Å². The third kappa shape index (κ3) is 5.90. The van der Waals surface area contributed by atoms with E-state index in [4.69, 9.17) is 4.74 Å². The molecule has 0 fully saturated rings. The molecule has 36 heavy (non-hydrogen) atoms. The summed E-state index contributed by atoms with van der Waals surface area (Å²) >= 11 is 1.39. The van der Waals surface area contributed by atoms with Gasteiger partial charge in [-0.1, -0.05) is 0 Å². The van der Waals surface area contributed by atoms with E-state index in [0.29, 0.717) is 29.3 Å². The maximum Gasteiger partial charge on any atom is 0.410 e. The van der Waals surface area contributed by atoms with E-state index in [1.807, 2.05) is 20.8 Å². The molecule has 4 rings (SSSR count). The van der Waals surface area contributed by atoms with E-state index >= 15 is 0 Å². The molecule has 0 aromatic carbocycles. The minimum atomic E-state index is -3.21. The van der Waals surface area contributed by atoms with E-state index in [1.165, 1.54) is 36.7 Å². The van der Waals surface area contributed by atoms with E-state index in [0.717, 1.165) is 17.5 Å². The Morgan fingerprint density at radius 3 is 2.50 bits per heavy atom. The van der Waals surface area contributed by atoms with Gasteiger partial charge in [0.15, 0.2) is 0 Å². The second-order valence-corrected chi connectivity index (χ2v) is 10.4. The predicted octanol–water partition coefficient (Wildman–Crippen LogP) is 5.06. The van der Waals surface area contributed by atoms with Crippen LogP contribution >= 0.6 is 11.3 Å². The molecule has 0 saturated carbocycles. The second kappa shape index (κ2) is 9.37. The number of anilines is 3. The van der Waals surface area contributed by atoms with Crippen LogP contribution in [0.2, 0.25) is 0 Å². The number of carbonyl (C=O) groups is 2. The Kier molecular flexibility index (Phi) is 6.60. The first-order chi connectivity index (χ1) is 16.8. The molecule has 2 N–H and O–H groups in total. The minimum absolute atomic E-state index is 0.142. The lowest BCUT2D eigenvalue weighted by Gasteiger charge is -2.24. The van der Waals surface area contributed by atoms with Gasteiger partial charge in [0.25, 0.3) is 0 Å². The first-order valence-corrected chi connectivity index (χ1v) is 11.8. The molecule has 0 aliphatic carbocycles. The molecular formula is C23H25F2N7O3S. The Morgan fingerprint density at radius 1 is 1.11 bits per heavy atom. The van der Waals surface area contributed by atoms with Gasteiger partial charge in [0.2, 0.25) is 11.7 Å². The maximum atomic E-state index is 13.7. The van der Waals surface area contributed by atoms with Crippen LogP contribution in [-0.2, 0) is 28.5 Å². The van der Waals surface area contributed by atoms with E-state index in [1.54, 1.807) is 11.0 Å². The van der Waals surface area contributed by atoms with Gasteiger partial charge in [-0.15, -0.1) is 11.3 Å². The summed E-state index contributed by atoms with van der Waals surface area (Å²) in [7, 11) is 0. The summed E-state index contributed by atoms with van der Waals surface area (Å²) in [6.07, 6.45) is 2.36. The van der Waals surface area contributed by atoms with Crippen LogP contribution in [0.3, 0.4) is 0 Å². The second-order valence-electron chi connectivity index (χ2n) is 9.30. The summed E-state index contributed by atoms with van der Waals surface area (Å²) in [6.45, 7) is 8.16. The lowest BCUT2D eigenvalue weighted by molar-refractivity contribution is -0.114. The van der Waals surface area contributed by atoms with Crippen LogP contribution in [0.1, 0.15) is 51.0 Å². The van der Waals surface area contributed by atoms with Crippen LogP contribution in [0, 0.1) is 0 Å². The fraction of sp³-hybridized carbons (Fsp3) is 0.391. The number of alkyl halides is 2. The topological polar surface area (TPSA) is 122 Å². The van der Waals surface area contributed by atoms with E-state index in [2.05, 4.69) is 30.6 Å². The highest BCUT2D eigenvalue weighted by Gasteiger charge is 2.31. The number of hydrogen-bond acceptors (Lipinski definition) is 9. The Bertz CT molecular complexity index is 1290. The van der Waals surface area contributed by atoms with Crippen molar-refractivity contribution in [1.82, 2.24) is 24.8 Å². The fourth-order valence-corrected chi connectivity index (χ4v) is 4.48. The van der Waals surface area contributed by atoms with Gasteiger partial charge in [-0.05, 0) is 26.8 Å². The fourth-order valence-electron chi connectivity index (χ4n) is 3.37. The number of thiazole rings is 1. The molecule has 10 nitrogen and oxygen atoms in total. The van der Waals surface area contributed by atoms with Gasteiger partial charge in [-0.25, -0.2) is 24.7 Å². The van der Waals surface area contributed by atoms with Gasteiger partial charge in [0.05, 0.1) is 30.0 Å². The van der Waals surface area contributed by atoms with Crippen LogP contribution in [-0.4, -0.2) is 42.4 Å². The number of pyridine rings is 1. The van der Waals surface area contributed by atoms with E-state index in [9.17, 15) is 18.4 Å². The number of hydrogen-bond donors (Lipinski definition) is 2. The number of amides is 2. The molecule has 0 bridgehead atoms. The molecule has 1 aliphatic rings. The highest BCUT2D eigenvalue weighted by Crippen LogP contribution is 2.38. The van der Waals surface area contributed by atoms with Gasteiger partial charge in [0.1, 0.15) is 22.2 Å². The Morgan fingerprint density at radius 2 is 1.86 bits per heavy atom. The smallest absolute Gasteiger partial charge is 0.410 e. The zero-order chi connectivity index (χ0) is 26.3. The predicted molar refractivity (Wildman–Crippen MR) is 130 cm³/mol. The van der Waals surface area contributed by atoms with Crippen molar-refractivity contribution < 1.29 is 23.1 Å². The van der Waals surface area contributed by atoms with Crippen molar-refractivity contribution in [2.75, 3.05) is 10.6 Å². The van der Waals surface area contributed by atoms with Crippen molar-refractivity contribution in [3.8, 4) is 10.6 Å². The number of ether oxygens (including phenoxy) is 1. The van der Waals surface area contributed by atoms with Crippen molar-refractivity contribution in [1.29, 1.82) is 0 Å². The number of nitrogens with one attached hydrogen (secondary N) is 2. The quantitative estimate of drug-likeness (QED) is 0.482. The van der Waals surface area contributed by atoms with E-state index in [-0.39, 0.29) is 17.5 Å². The van der Waals surface area contributed by atoms with Crippen molar-refractivity contribution in [2.45, 2.75) is 59.2 Å². The zero-order valence-electron chi connectivity index (χ0n) is 20.3. The van der Waals surface area contributed by atoms with Gasteiger partial charge in [0, 0.05) is 37.2 Å². The van der Waals surface area contributed by atoms with Crippen molar-refractivity contribution >= 4 is 40.7 Å². The van der Waals surface area contributed by atoms with Crippen LogP contribution in [0.5, 0.6) is 0 Å². The van der Waals surface area contributed by atoms with Crippen LogP contribution in [0.4, 0.5) is 30.9 Å². The molecule has 190 valence electrons. The molecule has 3 aromatic heterocycles. The maximum absolute atomic E-state index is 13.7. The van der Waals surface area contributed by atoms with Crippen LogP contribution < -0.4 is 10.6 Å². The van der Waals surface area contributed by atoms with Crippen molar-refractivity contribution in [3.05, 3.63) is 40.9 Å². The monoisotopic (exact) mass is 517 g/mol. The average molecular weight is 518 g/mol. The molecule has 4 heterocycles. The molecule has 1 aliphatic heterocycles. The summed E-state index contributed by atoms with van der Waals surface area (Å²) < 4.78 is 32.9. The van der Waals surface area contributed by atoms with Gasteiger partial charge in [-0.2, -0.15) is 8.78 Å². The summed E-state index contributed by atoms with van der Waals surface area (Å²) in [5.41, 5.74) is 1.17. The first-order valence-electron chi connectivity index (χ1n) is 11.0. The van der Waals surface area contributed by atoms with Gasteiger partial charge < -0.3 is 15.4 Å². The molecule has 3 aromatic rings. The molecular weight excluding hydrogens is 492 g/mol. The largest absolute Gasteiger partial charge is 0.444 e. The third-order valence-corrected chi connectivity index (χ3v) is 5.97. The first kappa shape index (κ1) is 25.4. The molecule has 0 spiro atoms. The molecule has 0 radical (unpaired) electrons. The average Bonchev–Trinajstić information content (AvgIpc) is 3.31. The molecule has 2 amide bonds. The number of halogens is 2. The van der Waals surface area contributed by atoms with Crippen LogP contribution in [0.15, 0.2) is 24.5 Å². The van der Waals surface area contributed by atoms with E-state index < -0.39 is 23.4 Å². The molecule has 13 heteroatoms. The number of aromatic nitrogens is 4. The highest BCUT2D eigenvalue weighted by atomic mass is 32.1. The standard InChI is InChI=1S/C23H25F2N7O3S/c1-12(33)28-18-8-14(29-17-6-7-26-20(31-17)23(5,24)25)13(9-27-18)19-30-15-10-32(11-16(15)36-19)21(34)35-22(2,3)4/h6-9H,10-11H2,1-5H3,(H2,26,27,28,29,31,33). The Labute approximate surface area is 210 Å². The minimum Gasteiger partial charge on any atom is -0.444 e. The van der Waals surface area contributed by atoms with Crippen molar-refractivity contribution in [2.24, 2.45) is 0 Å². The normalized spacial score (nSPS) is 13.4. The Balaban J connectivity index is 1.63. The summed E-state index contributed by atoms with van der Waals surface area (Å²) in [5.74, 6) is -3.74. The lowest BCUT2D eigenvalue weighted by atomic mass is 10.2. The molecule has 0 saturated heterocycles. The lowest BCUT2D eigenvalue weighted by Crippen LogP contribution is -2.33. The summed E-state index contributed by atoms with van der Waals surface area (Å²) in [5, 5.41) is 6.24.